The van der Waals surface area contributed by atoms with Gasteiger partial charge in [-0.05, 0) is 19.3 Å². The van der Waals surface area contributed by atoms with Crippen LogP contribution in [-0.4, -0.2) is 19.4 Å². The van der Waals surface area contributed by atoms with Crippen molar-refractivity contribution in [1.82, 2.24) is 10.6 Å². The van der Waals surface area contributed by atoms with Gasteiger partial charge in [0.2, 0.25) is 0 Å². The van der Waals surface area contributed by atoms with Crippen LogP contribution in [0.2, 0.25) is 0 Å². The van der Waals surface area contributed by atoms with Crippen molar-refractivity contribution < 1.29 is 0 Å². The second-order valence-electron chi connectivity index (χ2n) is 2.33. The zero-order valence-corrected chi connectivity index (χ0v) is 5.64. The Morgan fingerprint density at radius 1 is 1.56 bits per heavy atom. The monoisotopic (exact) mass is 128 g/mol. The van der Waals surface area contributed by atoms with E-state index in [0.29, 0.717) is 12.8 Å². The van der Waals surface area contributed by atoms with E-state index in [-0.39, 0.29) is 0 Å². The van der Waals surface area contributed by atoms with Crippen LogP contribution in [-0.2, 0) is 0 Å². The maximum Gasteiger partial charge on any atom is 0.0745 e. The van der Waals surface area contributed by atoms with Crippen molar-refractivity contribution in [3.05, 3.63) is 0 Å². The summed E-state index contributed by atoms with van der Waals surface area (Å²) in [5.74, 6) is 0. The Bertz CT molecular complexity index is 65.9. The van der Waals surface area contributed by atoms with Crippen LogP contribution in [0.5, 0.6) is 0 Å². The van der Waals surface area contributed by atoms with Gasteiger partial charge in [-0.15, -0.1) is 0 Å². The summed E-state index contributed by atoms with van der Waals surface area (Å²) in [4.78, 5) is 0. The van der Waals surface area contributed by atoms with Crippen molar-refractivity contribution in [2.24, 2.45) is 5.73 Å². The molecule has 1 atom stereocenters. The smallest absolute Gasteiger partial charge is 0.0745 e. The van der Waals surface area contributed by atoms with Crippen LogP contribution in [0.4, 0.5) is 0 Å². The predicted molar refractivity (Wildman–Crippen MR) is 36.8 cm³/mol. The molecule has 0 aromatic rings. The summed E-state index contributed by atoms with van der Waals surface area (Å²) in [5.41, 5.74) is 5.29. The molecule has 0 aliphatic carbocycles. The SMILES string of the molecule is NCNC1CCCC[N]1. The van der Waals surface area contributed by atoms with E-state index in [9.17, 15) is 0 Å². The fraction of sp³-hybridized carbons (Fsp3) is 1.00. The first kappa shape index (κ1) is 6.99. The van der Waals surface area contributed by atoms with Gasteiger partial charge in [0, 0.05) is 13.2 Å². The van der Waals surface area contributed by atoms with Gasteiger partial charge in [-0.2, -0.15) is 0 Å². The fourth-order valence-electron chi connectivity index (χ4n) is 1.09. The van der Waals surface area contributed by atoms with Crippen LogP contribution in [0.3, 0.4) is 0 Å². The summed E-state index contributed by atoms with van der Waals surface area (Å²) in [7, 11) is 0. The maximum absolute atomic E-state index is 5.29. The third-order valence-corrected chi connectivity index (χ3v) is 1.59. The molecular formula is C6H14N3. The molecular weight excluding hydrogens is 114 g/mol. The first-order chi connectivity index (χ1) is 4.43. The van der Waals surface area contributed by atoms with E-state index in [0.717, 1.165) is 13.0 Å². The van der Waals surface area contributed by atoms with Gasteiger partial charge in [0.25, 0.3) is 0 Å². The number of nitrogens with one attached hydrogen (secondary N) is 1. The first-order valence-electron chi connectivity index (χ1n) is 3.53. The summed E-state index contributed by atoms with van der Waals surface area (Å²) in [6, 6.07) is 0. The van der Waals surface area contributed by atoms with Gasteiger partial charge in [-0.3, -0.25) is 5.32 Å². The van der Waals surface area contributed by atoms with Crippen LogP contribution < -0.4 is 16.4 Å². The van der Waals surface area contributed by atoms with E-state index >= 15 is 0 Å². The van der Waals surface area contributed by atoms with Crippen molar-refractivity contribution in [2.45, 2.75) is 25.4 Å². The molecule has 53 valence electrons. The highest BCUT2D eigenvalue weighted by molar-refractivity contribution is 4.67. The Hall–Kier alpha value is -0.120. The van der Waals surface area contributed by atoms with Crippen molar-refractivity contribution in [3.8, 4) is 0 Å². The Morgan fingerprint density at radius 3 is 3.00 bits per heavy atom. The number of hydrogen-bond acceptors (Lipinski definition) is 2. The minimum absolute atomic E-state index is 0.351. The van der Waals surface area contributed by atoms with Crippen molar-refractivity contribution in [2.75, 3.05) is 13.2 Å². The molecule has 1 aliphatic rings. The summed E-state index contributed by atoms with van der Waals surface area (Å²) in [6.45, 7) is 1.56. The standard InChI is InChI=1S/C6H14N3/c7-5-9-6-3-1-2-4-8-6/h6,9H,1-5,7H2. The number of hydrogen-bond donors (Lipinski definition) is 2. The zero-order chi connectivity index (χ0) is 6.53. The molecule has 0 saturated carbocycles. The lowest BCUT2D eigenvalue weighted by molar-refractivity contribution is 0.340. The molecule has 1 saturated heterocycles. The Balaban J connectivity index is 2.08. The van der Waals surface area contributed by atoms with Crippen LogP contribution in [0.15, 0.2) is 0 Å². The number of piperidine rings is 1. The quantitative estimate of drug-likeness (QED) is 0.497. The Kier molecular flexibility index (Phi) is 2.97. The minimum atomic E-state index is 0.351. The second kappa shape index (κ2) is 3.82. The van der Waals surface area contributed by atoms with Crippen molar-refractivity contribution >= 4 is 0 Å². The Labute approximate surface area is 56.0 Å². The van der Waals surface area contributed by atoms with Gasteiger partial charge in [-0.25, -0.2) is 5.32 Å². The van der Waals surface area contributed by atoms with Crippen LogP contribution in [0.25, 0.3) is 0 Å². The van der Waals surface area contributed by atoms with E-state index < -0.39 is 0 Å². The molecule has 0 aromatic heterocycles. The number of rotatable bonds is 2. The van der Waals surface area contributed by atoms with Crippen LogP contribution in [0, 0.1) is 0 Å². The normalized spacial score (nSPS) is 28.3. The highest BCUT2D eigenvalue weighted by Gasteiger charge is 2.10. The molecule has 0 spiro atoms. The lowest BCUT2D eigenvalue weighted by Crippen LogP contribution is -2.43. The lowest BCUT2D eigenvalue weighted by atomic mass is 10.1. The van der Waals surface area contributed by atoms with E-state index in [1.165, 1.54) is 12.8 Å². The van der Waals surface area contributed by atoms with Gasteiger partial charge < -0.3 is 5.73 Å². The predicted octanol–water partition coefficient (Wildman–Crippen LogP) is -0.393. The van der Waals surface area contributed by atoms with E-state index in [2.05, 4.69) is 10.6 Å². The summed E-state index contributed by atoms with van der Waals surface area (Å²) in [6.07, 6.45) is 4.06. The first-order valence-corrected chi connectivity index (χ1v) is 3.53. The average Bonchev–Trinajstić information content (AvgIpc) is 1.91. The topological polar surface area (TPSA) is 52.1 Å². The van der Waals surface area contributed by atoms with Crippen LogP contribution in [0.1, 0.15) is 19.3 Å². The molecule has 3 nitrogen and oxygen atoms in total. The van der Waals surface area contributed by atoms with Crippen molar-refractivity contribution in [3.63, 3.8) is 0 Å². The molecule has 3 heteroatoms. The molecule has 1 unspecified atom stereocenters. The van der Waals surface area contributed by atoms with Crippen molar-refractivity contribution in [1.29, 1.82) is 0 Å². The minimum Gasteiger partial charge on any atom is -0.318 e. The van der Waals surface area contributed by atoms with Crippen LogP contribution >= 0.6 is 0 Å². The van der Waals surface area contributed by atoms with E-state index in [1.54, 1.807) is 0 Å². The highest BCUT2D eigenvalue weighted by atomic mass is 15.1. The fourth-order valence-corrected chi connectivity index (χ4v) is 1.09. The van der Waals surface area contributed by atoms with Gasteiger partial charge in [0.15, 0.2) is 0 Å². The molecule has 9 heavy (non-hydrogen) atoms. The van der Waals surface area contributed by atoms with Gasteiger partial charge in [0.05, 0.1) is 6.17 Å². The molecule has 0 bridgehead atoms. The molecule has 3 N–H and O–H groups in total. The number of nitrogens with two attached hydrogens (primary N) is 1. The third kappa shape index (κ3) is 2.30. The molecule has 0 amide bonds. The summed E-state index contributed by atoms with van der Waals surface area (Å²) in [5, 5.41) is 7.42. The van der Waals surface area contributed by atoms with Gasteiger partial charge >= 0.3 is 0 Å². The second-order valence-corrected chi connectivity index (χ2v) is 2.33. The van der Waals surface area contributed by atoms with E-state index in [4.69, 9.17) is 5.73 Å². The van der Waals surface area contributed by atoms with Gasteiger partial charge in [-0.1, -0.05) is 0 Å². The number of nitrogens with zero attached hydrogens (tertiary/aromatic N) is 1. The largest absolute Gasteiger partial charge is 0.318 e. The average molecular weight is 128 g/mol. The third-order valence-electron chi connectivity index (χ3n) is 1.59. The van der Waals surface area contributed by atoms with Gasteiger partial charge in [0.1, 0.15) is 0 Å². The molecule has 1 aliphatic heterocycles. The molecule has 1 rings (SSSR count). The summed E-state index contributed by atoms with van der Waals surface area (Å²) < 4.78 is 0. The maximum atomic E-state index is 5.29. The molecule has 1 radical (unpaired) electrons. The summed E-state index contributed by atoms with van der Waals surface area (Å²) >= 11 is 0. The molecule has 0 aromatic carbocycles. The Morgan fingerprint density at radius 2 is 2.44 bits per heavy atom. The van der Waals surface area contributed by atoms with E-state index in [1.807, 2.05) is 0 Å². The highest BCUT2D eigenvalue weighted by Crippen LogP contribution is 2.04. The molecule has 1 fully saturated rings. The molecule has 1 heterocycles. The lowest BCUT2D eigenvalue weighted by Gasteiger charge is -2.21. The zero-order valence-electron chi connectivity index (χ0n) is 5.64.